The van der Waals surface area contributed by atoms with Crippen molar-refractivity contribution in [2.75, 3.05) is 26.2 Å². The van der Waals surface area contributed by atoms with Crippen LogP contribution in [-0.4, -0.2) is 55.8 Å². The molecular formula is C24H29N3O5S. The summed E-state index contributed by atoms with van der Waals surface area (Å²) in [5.41, 5.74) is 1.19. The second-order valence-electron chi connectivity index (χ2n) is 8.75. The molecule has 9 heteroatoms. The number of amides is 1. The van der Waals surface area contributed by atoms with Crippen molar-refractivity contribution in [1.29, 1.82) is 0 Å². The average Bonchev–Trinajstić information content (AvgIpc) is 2.83. The molecule has 0 atom stereocenters. The Morgan fingerprint density at radius 3 is 2.42 bits per heavy atom. The largest absolute Gasteiger partial charge is 0.455 e. The van der Waals surface area contributed by atoms with Crippen molar-refractivity contribution in [3.63, 3.8) is 0 Å². The van der Waals surface area contributed by atoms with Gasteiger partial charge < -0.3 is 10.1 Å². The molecule has 0 radical (unpaired) electrons. The Morgan fingerprint density at radius 1 is 1.09 bits per heavy atom. The third-order valence-corrected chi connectivity index (χ3v) is 8.61. The standard InChI is InChI=1S/C24H29N3O5S/c28-22(26-18-24(11-5-12-24)20-6-2-1-3-7-20)17-32-23(29)19-9-14-27(15-10-19)33(30,31)21-8-4-13-25-16-21/h1-4,6-8,13,16,19H,5,9-12,14-15,17-18H2,(H,26,28). The zero-order chi connectivity index (χ0) is 23.3. The maximum atomic E-state index is 12.7. The Hall–Kier alpha value is -2.78. The predicted octanol–water partition coefficient (Wildman–Crippen LogP) is 2.26. The first kappa shape index (κ1) is 23.4. The van der Waals surface area contributed by atoms with E-state index in [1.165, 1.54) is 28.3 Å². The van der Waals surface area contributed by atoms with Crippen LogP contribution in [0.3, 0.4) is 0 Å². The van der Waals surface area contributed by atoms with Crippen molar-refractivity contribution < 1.29 is 22.7 Å². The highest BCUT2D eigenvalue weighted by Gasteiger charge is 2.39. The minimum absolute atomic E-state index is 0.0342. The van der Waals surface area contributed by atoms with Gasteiger partial charge in [0.25, 0.3) is 5.91 Å². The van der Waals surface area contributed by atoms with E-state index < -0.39 is 21.9 Å². The van der Waals surface area contributed by atoms with Crippen LogP contribution < -0.4 is 5.32 Å². The van der Waals surface area contributed by atoms with E-state index in [-0.39, 0.29) is 35.9 Å². The second-order valence-corrected chi connectivity index (χ2v) is 10.7. The number of hydrogen-bond acceptors (Lipinski definition) is 6. The van der Waals surface area contributed by atoms with Crippen molar-refractivity contribution >= 4 is 21.9 Å². The second kappa shape index (κ2) is 10.0. The fourth-order valence-electron chi connectivity index (χ4n) is 4.52. The number of sulfonamides is 1. The number of hydrogen-bond donors (Lipinski definition) is 1. The molecule has 1 aromatic heterocycles. The Morgan fingerprint density at radius 2 is 1.82 bits per heavy atom. The quantitative estimate of drug-likeness (QED) is 0.592. The topological polar surface area (TPSA) is 106 Å². The minimum atomic E-state index is -3.62. The molecule has 0 bridgehead atoms. The van der Waals surface area contributed by atoms with Crippen LogP contribution in [0, 0.1) is 5.92 Å². The molecule has 4 rings (SSSR count). The van der Waals surface area contributed by atoms with Crippen molar-refractivity contribution in [1.82, 2.24) is 14.6 Å². The van der Waals surface area contributed by atoms with Gasteiger partial charge in [-0.2, -0.15) is 4.31 Å². The van der Waals surface area contributed by atoms with Crippen LogP contribution in [-0.2, 0) is 29.8 Å². The number of ether oxygens (including phenoxy) is 1. The molecule has 33 heavy (non-hydrogen) atoms. The number of carbonyl (C=O) groups is 2. The normalized spacial score (nSPS) is 18.8. The Bertz CT molecular complexity index is 1060. The van der Waals surface area contributed by atoms with E-state index in [1.54, 1.807) is 6.07 Å². The van der Waals surface area contributed by atoms with E-state index in [2.05, 4.69) is 22.4 Å². The van der Waals surface area contributed by atoms with Gasteiger partial charge in [0.2, 0.25) is 10.0 Å². The Labute approximate surface area is 194 Å². The van der Waals surface area contributed by atoms with Crippen molar-refractivity contribution in [2.45, 2.75) is 42.4 Å². The van der Waals surface area contributed by atoms with E-state index >= 15 is 0 Å². The summed E-state index contributed by atoms with van der Waals surface area (Å²) in [5.74, 6) is -1.19. The third kappa shape index (κ3) is 5.25. The highest BCUT2D eigenvalue weighted by molar-refractivity contribution is 7.89. The molecule has 1 aromatic carbocycles. The number of aromatic nitrogens is 1. The summed E-state index contributed by atoms with van der Waals surface area (Å²) in [7, 11) is -3.62. The molecule has 2 heterocycles. The molecule has 0 spiro atoms. The lowest BCUT2D eigenvalue weighted by atomic mass is 9.64. The lowest BCUT2D eigenvalue weighted by Crippen LogP contribution is -2.46. The van der Waals surface area contributed by atoms with Crippen LogP contribution in [0.1, 0.15) is 37.7 Å². The van der Waals surface area contributed by atoms with Crippen molar-refractivity contribution in [3.8, 4) is 0 Å². The van der Waals surface area contributed by atoms with Gasteiger partial charge in [0.15, 0.2) is 6.61 Å². The Balaban J connectivity index is 1.22. The number of nitrogens with zero attached hydrogens (tertiary/aromatic N) is 2. The van der Waals surface area contributed by atoms with Gasteiger partial charge in [-0.1, -0.05) is 36.8 Å². The minimum Gasteiger partial charge on any atom is -0.455 e. The summed E-state index contributed by atoms with van der Waals surface area (Å²) >= 11 is 0. The number of piperidine rings is 1. The lowest BCUT2D eigenvalue weighted by Gasteiger charge is -2.42. The number of esters is 1. The number of nitrogens with one attached hydrogen (secondary N) is 1. The van der Waals surface area contributed by atoms with Gasteiger partial charge in [-0.3, -0.25) is 14.6 Å². The first-order valence-corrected chi connectivity index (χ1v) is 12.7. The van der Waals surface area contributed by atoms with Crippen LogP contribution in [0.4, 0.5) is 0 Å². The Kier molecular flexibility index (Phi) is 7.09. The van der Waals surface area contributed by atoms with Gasteiger partial charge in [0, 0.05) is 37.4 Å². The average molecular weight is 472 g/mol. The van der Waals surface area contributed by atoms with Crippen LogP contribution in [0.15, 0.2) is 59.8 Å². The molecule has 1 aliphatic heterocycles. The molecule has 1 aliphatic carbocycles. The fourth-order valence-corrected chi connectivity index (χ4v) is 5.95. The highest BCUT2D eigenvalue weighted by Crippen LogP contribution is 2.43. The number of benzene rings is 1. The van der Waals surface area contributed by atoms with E-state index in [0.29, 0.717) is 19.4 Å². The molecule has 1 saturated heterocycles. The monoisotopic (exact) mass is 471 g/mol. The summed E-state index contributed by atoms with van der Waals surface area (Å²) in [6, 6.07) is 13.3. The maximum absolute atomic E-state index is 12.7. The summed E-state index contributed by atoms with van der Waals surface area (Å²) in [4.78, 5) is 28.8. The summed E-state index contributed by atoms with van der Waals surface area (Å²) in [6.07, 6.45) is 6.74. The summed E-state index contributed by atoms with van der Waals surface area (Å²) in [5, 5.41) is 2.92. The van der Waals surface area contributed by atoms with Crippen LogP contribution in [0.25, 0.3) is 0 Å². The SMILES string of the molecule is O=C(COC(=O)C1CCN(S(=O)(=O)c2cccnc2)CC1)NCC1(c2ccccc2)CCC1. The van der Waals surface area contributed by atoms with E-state index in [4.69, 9.17) is 4.74 Å². The zero-order valence-corrected chi connectivity index (χ0v) is 19.3. The first-order valence-electron chi connectivity index (χ1n) is 11.3. The smallest absolute Gasteiger partial charge is 0.309 e. The molecule has 176 valence electrons. The van der Waals surface area contributed by atoms with Crippen LogP contribution in [0.2, 0.25) is 0 Å². The number of pyridine rings is 1. The molecule has 2 fully saturated rings. The molecule has 1 N–H and O–H groups in total. The van der Waals surface area contributed by atoms with E-state index in [1.807, 2.05) is 18.2 Å². The van der Waals surface area contributed by atoms with Crippen molar-refractivity contribution in [2.24, 2.45) is 5.92 Å². The fraction of sp³-hybridized carbons (Fsp3) is 0.458. The molecule has 0 unspecified atom stereocenters. The zero-order valence-electron chi connectivity index (χ0n) is 18.5. The molecular weight excluding hydrogens is 442 g/mol. The van der Waals surface area contributed by atoms with Gasteiger partial charge in [0.1, 0.15) is 4.90 Å². The maximum Gasteiger partial charge on any atom is 0.309 e. The van der Waals surface area contributed by atoms with Gasteiger partial charge in [-0.25, -0.2) is 8.42 Å². The van der Waals surface area contributed by atoms with Gasteiger partial charge >= 0.3 is 5.97 Å². The van der Waals surface area contributed by atoms with Crippen LogP contribution >= 0.6 is 0 Å². The molecule has 2 aliphatic rings. The van der Waals surface area contributed by atoms with Gasteiger partial charge in [-0.15, -0.1) is 0 Å². The third-order valence-electron chi connectivity index (χ3n) is 6.73. The van der Waals surface area contributed by atoms with Crippen molar-refractivity contribution in [3.05, 3.63) is 60.4 Å². The number of rotatable bonds is 8. The summed E-state index contributed by atoms with van der Waals surface area (Å²) < 4.78 is 32.0. The van der Waals surface area contributed by atoms with Crippen LogP contribution in [0.5, 0.6) is 0 Å². The first-order chi connectivity index (χ1) is 15.9. The molecule has 2 aromatic rings. The number of carbonyl (C=O) groups excluding carboxylic acids is 2. The van der Waals surface area contributed by atoms with E-state index in [9.17, 15) is 18.0 Å². The van der Waals surface area contributed by atoms with Gasteiger partial charge in [-0.05, 0) is 43.4 Å². The van der Waals surface area contributed by atoms with E-state index in [0.717, 1.165) is 19.3 Å². The predicted molar refractivity (Wildman–Crippen MR) is 122 cm³/mol. The summed E-state index contributed by atoms with van der Waals surface area (Å²) in [6.45, 7) is 0.654. The lowest BCUT2D eigenvalue weighted by molar-refractivity contribution is -0.153. The molecule has 1 amide bonds. The molecule has 1 saturated carbocycles. The van der Waals surface area contributed by atoms with Gasteiger partial charge in [0.05, 0.1) is 5.92 Å². The molecule has 8 nitrogen and oxygen atoms in total. The highest BCUT2D eigenvalue weighted by atomic mass is 32.2.